The van der Waals surface area contributed by atoms with Crippen LogP contribution in [0.25, 0.3) is 0 Å². The molecule has 0 aromatic rings. The molecule has 13 heteroatoms. The molecule has 1 amide bonds. The van der Waals surface area contributed by atoms with Gasteiger partial charge in [0.05, 0.1) is 6.04 Å². The first kappa shape index (κ1) is 27.8. The van der Waals surface area contributed by atoms with Crippen LogP contribution >= 0.6 is 0 Å². The standard InChI is InChI=1S/C20H29NO12/c1-9(22)21-18-15(29-11(3)24)7-17(31-13(5)26)33-20(18)19(32-14(6)27)16(30-12(4)25)8-28-10(2)23/h15-20H,7-8H2,1-6H3,(H,21,22)/t15-,16+,17+,18+,19-,20+/m0/s1. The molecular weight excluding hydrogens is 446 g/mol. The Hall–Kier alpha value is -3.22. The lowest BCUT2D eigenvalue weighted by molar-refractivity contribution is -0.255. The van der Waals surface area contributed by atoms with E-state index in [2.05, 4.69) is 5.32 Å². The van der Waals surface area contributed by atoms with Crippen LogP contribution < -0.4 is 5.32 Å². The topological polar surface area (TPSA) is 170 Å². The van der Waals surface area contributed by atoms with Gasteiger partial charge in [-0.05, 0) is 0 Å². The SMILES string of the molecule is CC(=O)N[C@H]1[C@H]([C@@H](OC(C)=O)[C@@H](COC(C)=O)OC(C)=O)O[C@@H](OC(C)=O)C[C@@H]1OC(C)=O. The lowest BCUT2D eigenvalue weighted by Crippen LogP contribution is -2.64. The minimum Gasteiger partial charge on any atom is -0.462 e. The number of carbonyl (C=O) groups excluding carboxylic acids is 6. The monoisotopic (exact) mass is 475 g/mol. The minimum absolute atomic E-state index is 0.143. The molecule has 1 N–H and O–H groups in total. The lowest BCUT2D eigenvalue weighted by atomic mass is 9.91. The van der Waals surface area contributed by atoms with Crippen LogP contribution in [0, 0.1) is 0 Å². The zero-order valence-corrected chi connectivity index (χ0v) is 19.3. The molecule has 1 rings (SSSR count). The van der Waals surface area contributed by atoms with Gasteiger partial charge in [0, 0.05) is 48.0 Å². The van der Waals surface area contributed by atoms with Gasteiger partial charge >= 0.3 is 29.8 Å². The zero-order chi connectivity index (χ0) is 25.3. The molecule has 0 unspecified atom stereocenters. The number of rotatable bonds is 9. The second-order valence-corrected chi connectivity index (χ2v) is 7.27. The van der Waals surface area contributed by atoms with Crippen LogP contribution in [0.15, 0.2) is 0 Å². The van der Waals surface area contributed by atoms with Crippen molar-refractivity contribution >= 4 is 35.8 Å². The fraction of sp³-hybridized carbons (Fsp3) is 0.700. The van der Waals surface area contributed by atoms with Crippen LogP contribution in [-0.4, -0.2) is 79.1 Å². The van der Waals surface area contributed by atoms with E-state index in [0.29, 0.717) is 0 Å². The van der Waals surface area contributed by atoms with Crippen molar-refractivity contribution in [3.05, 3.63) is 0 Å². The Morgan fingerprint density at radius 2 is 1.39 bits per heavy atom. The second kappa shape index (κ2) is 12.7. The fourth-order valence-electron chi connectivity index (χ4n) is 3.31. The Morgan fingerprint density at radius 3 is 1.85 bits per heavy atom. The molecule has 1 aliphatic heterocycles. The van der Waals surface area contributed by atoms with Crippen molar-refractivity contribution in [1.29, 1.82) is 0 Å². The first-order valence-electron chi connectivity index (χ1n) is 10.0. The summed E-state index contributed by atoms with van der Waals surface area (Å²) in [6.45, 7) is 6.23. The summed E-state index contributed by atoms with van der Waals surface area (Å²) in [5.41, 5.74) is 0. The predicted octanol–water partition coefficient (Wildman–Crippen LogP) is -0.473. The summed E-state index contributed by atoms with van der Waals surface area (Å²) >= 11 is 0. The van der Waals surface area contributed by atoms with Gasteiger partial charge in [-0.3, -0.25) is 28.8 Å². The molecule has 1 fully saturated rings. The smallest absolute Gasteiger partial charge is 0.304 e. The summed E-state index contributed by atoms with van der Waals surface area (Å²) < 4.78 is 31.7. The molecule has 0 saturated carbocycles. The Balaban J connectivity index is 3.49. The number of ether oxygens (including phenoxy) is 6. The van der Waals surface area contributed by atoms with Gasteiger partial charge in [0.1, 0.15) is 18.8 Å². The molecule has 13 nitrogen and oxygen atoms in total. The largest absolute Gasteiger partial charge is 0.462 e. The molecule has 0 aromatic heterocycles. The Labute approximate surface area is 190 Å². The van der Waals surface area contributed by atoms with Crippen molar-refractivity contribution in [3.8, 4) is 0 Å². The van der Waals surface area contributed by atoms with E-state index < -0.39 is 79.1 Å². The maximum Gasteiger partial charge on any atom is 0.304 e. The molecule has 1 heterocycles. The molecule has 0 spiro atoms. The maximum absolute atomic E-state index is 11.9. The van der Waals surface area contributed by atoms with Gasteiger partial charge in [-0.15, -0.1) is 0 Å². The molecule has 1 saturated heterocycles. The Kier molecular flexibility index (Phi) is 10.7. The Morgan fingerprint density at radius 1 is 0.818 bits per heavy atom. The van der Waals surface area contributed by atoms with Crippen molar-refractivity contribution < 1.29 is 57.2 Å². The van der Waals surface area contributed by atoms with Crippen LogP contribution in [0.4, 0.5) is 0 Å². The summed E-state index contributed by atoms with van der Waals surface area (Å²) in [6, 6.07) is -1.11. The average molecular weight is 475 g/mol. The van der Waals surface area contributed by atoms with E-state index in [1.54, 1.807) is 0 Å². The van der Waals surface area contributed by atoms with Crippen LogP contribution in [0.2, 0.25) is 0 Å². The quantitative estimate of drug-likeness (QED) is 0.336. The maximum atomic E-state index is 11.9. The highest BCUT2D eigenvalue weighted by Crippen LogP contribution is 2.29. The van der Waals surface area contributed by atoms with E-state index in [1.165, 1.54) is 6.92 Å². The molecule has 0 bridgehead atoms. The highest BCUT2D eigenvalue weighted by Gasteiger charge is 2.50. The average Bonchev–Trinajstić information content (AvgIpc) is 2.63. The molecule has 186 valence electrons. The van der Waals surface area contributed by atoms with Gasteiger partial charge in [0.15, 0.2) is 12.2 Å². The van der Waals surface area contributed by atoms with Crippen molar-refractivity contribution in [2.24, 2.45) is 0 Å². The molecule has 0 aliphatic carbocycles. The van der Waals surface area contributed by atoms with Crippen molar-refractivity contribution in [2.75, 3.05) is 6.61 Å². The third kappa shape index (κ3) is 9.85. The second-order valence-electron chi connectivity index (χ2n) is 7.27. The fourth-order valence-corrected chi connectivity index (χ4v) is 3.31. The molecule has 0 aromatic carbocycles. The van der Waals surface area contributed by atoms with Crippen LogP contribution in [0.1, 0.15) is 48.0 Å². The van der Waals surface area contributed by atoms with E-state index in [9.17, 15) is 28.8 Å². The van der Waals surface area contributed by atoms with Gasteiger partial charge in [-0.1, -0.05) is 0 Å². The first-order valence-corrected chi connectivity index (χ1v) is 10.0. The van der Waals surface area contributed by atoms with E-state index in [4.69, 9.17) is 28.4 Å². The molecule has 0 radical (unpaired) electrons. The van der Waals surface area contributed by atoms with E-state index in [0.717, 1.165) is 34.6 Å². The third-order valence-corrected chi connectivity index (χ3v) is 4.23. The lowest BCUT2D eigenvalue weighted by Gasteiger charge is -2.44. The van der Waals surface area contributed by atoms with Gasteiger partial charge in [-0.25, -0.2) is 0 Å². The predicted molar refractivity (Wildman–Crippen MR) is 106 cm³/mol. The summed E-state index contributed by atoms with van der Waals surface area (Å²) in [5, 5.41) is 2.57. The first-order chi connectivity index (χ1) is 15.3. The third-order valence-electron chi connectivity index (χ3n) is 4.23. The van der Waals surface area contributed by atoms with Crippen LogP contribution in [0.3, 0.4) is 0 Å². The van der Waals surface area contributed by atoms with Crippen LogP contribution in [0.5, 0.6) is 0 Å². The zero-order valence-electron chi connectivity index (χ0n) is 19.3. The molecule has 33 heavy (non-hydrogen) atoms. The van der Waals surface area contributed by atoms with Crippen molar-refractivity contribution in [1.82, 2.24) is 5.32 Å². The number of carbonyl (C=O) groups is 6. The van der Waals surface area contributed by atoms with Gasteiger partial charge in [-0.2, -0.15) is 0 Å². The summed E-state index contributed by atoms with van der Waals surface area (Å²) in [4.78, 5) is 70.0. The molecule has 1 aliphatic rings. The molecule has 6 atom stereocenters. The van der Waals surface area contributed by atoms with E-state index in [-0.39, 0.29) is 6.42 Å². The van der Waals surface area contributed by atoms with Crippen molar-refractivity contribution in [2.45, 2.75) is 84.7 Å². The van der Waals surface area contributed by atoms with Crippen molar-refractivity contribution in [3.63, 3.8) is 0 Å². The Bertz CT molecular complexity index is 766. The highest BCUT2D eigenvalue weighted by atomic mass is 16.7. The van der Waals surface area contributed by atoms with Gasteiger partial charge in [0.2, 0.25) is 12.2 Å². The minimum atomic E-state index is -1.46. The number of esters is 5. The normalized spacial score (nSPS) is 23.8. The van der Waals surface area contributed by atoms with Crippen LogP contribution in [-0.2, 0) is 57.2 Å². The number of nitrogens with one attached hydrogen (secondary N) is 1. The highest BCUT2D eigenvalue weighted by molar-refractivity contribution is 5.74. The number of hydrogen-bond acceptors (Lipinski definition) is 12. The van der Waals surface area contributed by atoms with E-state index in [1.807, 2.05) is 0 Å². The summed E-state index contributed by atoms with van der Waals surface area (Å²) in [7, 11) is 0. The van der Waals surface area contributed by atoms with Gasteiger partial charge < -0.3 is 33.7 Å². The van der Waals surface area contributed by atoms with E-state index >= 15 is 0 Å². The summed E-state index contributed by atoms with van der Waals surface area (Å²) in [5.74, 6) is -4.25. The molecular formula is C20H29NO12. The number of hydrogen-bond donors (Lipinski definition) is 1. The van der Waals surface area contributed by atoms with Gasteiger partial charge in [0.25, 0.3) is 0 Å². The number of amides is 1. The summed E-state index contributed by atoms with van der Waals surface area (Å²) in [6.07, 6.45) is -6.65.